The zero-order valence-corrected chi connectivity index (χ0v) is 11.4. The van der Waals surface area contributed by atoms with E-state index in [0.29, 0.717) is 0 Å². The summed E-state index contributed by atoms with van der Waals surface area (Å²) in [7, 11) is 0. The third-order valence-corrected chi connectivity index (χ3v) is 3.36. The number of hydrogen-bond donors (Lipinski definition) is 1. The lowest BCUT2D eigenvalue weighted by molar-refractivity contribution is 0.992. The van der Waals surface area contributed by atoms with E-state index in [2.05, 4.69) is 10.2 Å². The molecule has 0 unspecified atom stereocenters. The minimum atomic E-state index is -0.0428. The molecule has 4 nitrogen and oxygen atoms in total. The smallest absolute Gasteiger partial charge is 0.255 e. The third-order valence-electron chi connectivity index (χ3n) is 3.36. The molecule has 0 amide bonds. The van der Waals surface area contributed by atoms with Crippen LogP contribution in [0, 0.1) is 13.8 Å². The van der Waals surface area contributed by atoms with E-state index < -0.39 is 0 Å². The van der Waals surface area contributed by atoms with Gasteiger partial charge in [0.15, 0.2) is 0 Å². The van der Waals surface area contributed by atoms with E-state index in [-0.39, 0.29) is 5.56 Å². The number of nitrogens with zero attached hydrogens (tertiary/aromatic N) is 2. The highest BCUT2D eigenvalue weighted by molar-refractivity contribution is 5.67. The molecule has 0 saturated heterocycles. The molecule has 2 aromatic heterocycles. The van der Waals surface area contributed by atoms with Gasteiger partial charge in [-0.1, -0.05) is 18.2 Å². The standard InChI is InChI=1S/C16H15N3O/c1-11-16(12(2)18-17-11)13-8-9-15(20)19(10-13)14-6-4-3-5-7-14/h3-10H,1-2H3,(H,17,18). The molecule has 3 rings (SSSR count). The number of aryl methyl sites for hydroxylation is 2. The lowest BCUT2D eigenvalue weighted by Gasteiger charge is -2.08. The average molecular weight is 265 g/mol. The average Bonchev–Trinajstić information content (AvgIpc) is 2.80. The molecule has 1 N–H and O–H groups in total. The molecule has 0 saturated carbocycles. The van der Waals surface area contributed by atoms with Crippen molar-refractivity contribution < 1.29 is 0 Å². The first-order valence-electron chi connectivity index (χ1n) is 6.47. The largest absolute Gasteiger partial charge is 0.284 e. The lowest BCUT2D eigenvalue weighted by Crippen LogP contribution is -2.16. The SMILES string of the molecule is Cc1n[nH]c(C)c1-c1ccc(=O)n(-c2ccccc2)c1. The Hall–Kier alpha value is -2.62. The van der Waals surface area contributed by atoms with E-state index in [1.54, 1.807) is 10.6 Å². The van der Waals surface area contributed by atoms with Crippen LogP contribution in [0.2, 0.25) is 0 Å². The number of nitrogens with one attached hydrogen (secondary N) is 1. The normalized spacial score (nSPS) is 10.7. The van der Waals surface area contributed by atoms with E-state index in [0.717, 1.165) is 28.2 Å². The maximum absolute atomic E-state index is 12.1. The third kappa shape index (κ3) is 2.05. The van der Waals surface area contributed by atoms with Gasteiger partial charge in [0.05, 0.1) is 5.69 Å². The number of hydrogen-bond acceptors (Lipinski definition) is 2. The van der Waals surface area contributed by atoms with Crippen molar-refractivity contribution in [3.8, 4) is 16.8 Å². The van der Waals surface area contributed by atoms with Crippen LogP contribution in [0.15, 0.2) is 53.5 Å². The van der Waals surface area contributed by atoms with Gasteiger partial charge in [0.1, 0.15) is 0 Å². The van der Waals surface area contributed by atoms with Crippen molar-refractivity contribution >= 4 is 0 Å². The molecule has 0 aliphatic carbocycles. The van der Waals surface area contributed by atoms with Crippen LogP contribution < -0.4 is 5.56 Å². The van der Waals surface area contributed by atoms with E-state index >= 15 is 0 Å². The lowest BCUT2D eigenvalue weighted by atomic mass is 10.1. The summed E-state index contributed by atoms with van der Waals surface area (Å²) in [5.41, 5.74) is 4.78. The summed E-state index contributed by atoms with van der Waals surface area (Å²) < 4.78 is 1.65. The summed E-state index contributed by atoms with van der Waals surface area (Å²) >= 11 is 0. The Morgan fingerprint density at radius 2 is 1.80 bits per heavy atom. The monoisotopic (exact) mass is 265 g/mol. The molecule has 2 heterocycles. The van der Waals surface area contributed by atoms with Crippen molar-refractivity contribution in [1.82, 2.24) is 14.8 Å². The molecule has 3 aromatic rings. The highest BCUT2D eigenvalue weighted by Gasteiger charge is 2.10. The maximum Gasteiger partial charge on any atom is 0.255 e. The molecule has 0 radical (unpaired) electrons. The van der Waals surface area contributed by atoms with Gasteiger partial charge in [0.2, 0.25) is 0 Å². The van der Waals surface area contributed by atoms with Crippen molar-refractivity contribution in [3.63, 3.8) is 0 Å². The second-order valence-corrected chi connectivity index (χ2v) is 4.77. The highest BCUT2D eigenvalue weighted by atomic mass is 16.1. The van der Waals surface area contributed by atoms with Gasteiger partial charge in [-0.15, -0.1) is 0 Å². The van der Waals surface area contributed by atoms with Crippen LogP contribution in [-0.2, 0) is 0 Å². The number of aromatic nitrogens is 3. The fourth-order valence-corrected chi connectivity index (χ4v) is 2.40. The summed E-state index contributed by atoms with van der Waals surface area (Å²) in [6.45, 7) is 3.93. The zero-order valence-electron chi connectivity index (χ0n) is 11.4. The molecule has 0 fully saturated rings. The molecular formula is C16H15N3O. The van der Waals surface area contributed by atoms with Gasteiger partial charge in [0, 0.05) is 34.8 Å². The van der Waals surface area contributed by atoms with Crippen LogP contribution >= 0.6 is 0 Å². The number of rotatable bonds is 2. The minimum Gasteiger partial charge on any atom is -0.284 e. The van der Waals surface area contributed by atoms with Gasteiger partial charge in [-0.25, -0.2) is 0 Å². The predicted molar refractivity (Wildman–Crippen MR) is 79.1 cm³/mol. The quantitative estimate of drug-likeness (QED) is 0.774. The van der Waals surface area contributed by atoms with E-state index in [4.69, 9.17) is 0 Å². The first-order chi connectivity index (χ1) is 9.66. The van der Waals surface area contributed by atoms with Crippen LogP contribution in [-0.4, -0.2) is 14.8 Å². The van der Waals surface area contributed by atoms with Crippen LogP contribution in [0.25, 0.3) is 16.8 Å². The second-order valence-electron chi connectivity index (χ2n) is 4.77. The Kier molecular flexibility index (Phi) is 2.99. The number of H-pyrrole nitrogens is 1. The summed E-state index contributed by atoms with van der Waals surface area (Å²) in [5, 5.41) is 7.18. The van der Waals surface area contributed by atoms with Crippen molar-refractivity contribution in [3.05, 3.63) is 70.4 Å². The van der Waals surface area contributed by atoms with Gasteiger partial charge in [-0.2, -0.15) is 5.10 Å². The molecule has 0 spiro atoms. The Bertz CT molecular complexity index is 781. The van der Waals surface area contributed by atoms with Gasteiger partial charge in [0.25, 0.3) is 5.56 Å². The molecule has 0 atom stereocenters. The molecule has 0 aliphatic rings. The highest BCUT2D eigenvalue weighted by Crippen LogP contribution is 2.24. The van der Waals surface area contributed by atoms with Crippen LogP contribution in [0.4, 0.5) is 0 Å². The Labute approximate surface area is 116 Å². The van der Waals surface area contributed by atoms with Crippen molar-refractivity contribution in [1.29, 1.82) is 0 Å². The molecule has 0 bridgehead atoms. The Balaban J connectivity index is 2.20. The molecule has 20 heavy (non-hydrogen) atoms. The summed E-state index contributed by atoms with van der Waals surface area (Å²) in [6.07, 6.45) is 1.86. The van der Waals surface area contributed by atoms with Crippen LogP contribution in [0.3, 0.4) is 0 Å². The number of aromatic amines is 1. The van der Waals surface area contributed by atoms with Gasteiger partial charge < -0.3 is 0 Å². The molecule has 4 heteroatoms. The fourth-order valence-electron chi connectivity index (χ4n) is 2.40. The van der Waals surface area contributed by atoms with Crippen molar-refractivity contribution in [2.75, 3.05) is 0 Å². The van der Waals surface area contributed by atoms with Crippen LogP contribution in [0.5, 0.6) is 0 Å². The Morgan fingerprint density at radius 3 is 2.45 bits per heavy atom. The molecule has 0 aliphatic heterocycles. The van der Waals surface area contributed by atoms with E-state index in [9.17, 15) is 4.79 Å². The van der Waals surface area contributed by atoms with Gasteiger partial charge in [-0.3, -0.25) is 14.5 Å². The molecular weight excluding hydrogens is 250 g/mol. The van der Waals surface area contributed by atoms with Crippen molar-refractivity contribution in [2.45, 2.75) is 13.8 Å². The predicted octanol–water partition coefficient (Wildman–Crippen LogP) is 2.84. The summed E-state index contributed by atoms with van der Waals surface area (Å²) in [4.78, 5) is 12.1. The Morgan fingerprint density at radius 1 is 1.05 bits per heavy atom. The second kappa shape index (κ2) is 4.81. The minimum absolute atomic E-state index is 0.0428. The van der Waals surface area contributed by atoms with Gasteiger partial charge >= 0.3 is 0 Å². The molecule has 100 valence electrons. The van der Waals surface area contributed by atoms with Gasteiger partial charge in [-0.05, 0) is 32.0 Å². The number of para-hydroxylation sites is 1. The molecule has 1 aromatic carbocycles. The maximum atomic E-state index is 12.1. The first kappa shape index (κ1) is 12.4. The van der Waals surface area contributed by atoms with Crippen molar-refractivity contribution in [2.24, 2.45) is 0 Å². The van der Waals surface area contributed by atoms with E-state index in [1.165, 1.54) is 0 Å². The fraction of sp³-hybridized carbons (Fsp3) is 0.125. The number of benzene rings is 1. The van der Waals surface area contributed by atoms with Crippen LogP contribution in [0.1, 0.15) is 11.4 Å². The number of pyridine rings is 1. The summed E-state index contributed by atoms with van der Waals surface area (Å²) in [5.74, 6) is 0. The van der Waals surface area contributed by atoms with E-state index in [1.807, 2.05) is 56.4 Å². The zero-order chi connectivity index (χ0) is 14.1. The first-order valence-corrected chi connectivity index (χ1v) is 6.47. The topological polar surface area (TPSA) is 50.7 Å². The summed E-state index contributed by atoms with van der Waals surface area (Å²) in [6, 6.07) is 13.0.